The predicted octanol–water partition coefficient (Wildman–Crippen LogP) is 1.98. The number of hydrogen-bond donors (Lipinski definition) is 1. The summed E-state index contributed by atoms with van der Waals surface area (Å²) in [5.74, 6) is 0.139. The van der Waals surface area contributed by atoms with Gasteiger partial charge < -0.3 is 4.98 Å². The average Bonchev–Trinajstić information content (AvgIpc) is 2.45. The zero-order chi connectivity index (χ0) is 10.3. The molecule has 0 amide bonds. The van der Waals surface area contributed by atoms with Crippen LogP contribution in [0.5, 0.6) is 0 Å². The van der Waals surface area contributed by atoms with Crippen molar-refractivity contribution in [3.8, 4) is 0 Å². The highest BCUT2D eigenvalue weighted by Crippen LogP contribution is 2.34. The normalized spacial score (nSPS) is 19.1. The first kappa shape index (κ1) is 9.19. The number of ketones is 1. The average molecular weight is 191 g/mol. The SMILES string of the molecule is CC1(C)CC(=O)c2cc(C=O)[nH]c2C1. The number of aromatic amines is 1. The molecule has 0 unspecified atom stereocenters. The van der Waals surface area contributed by atoms with E-state index in [2.05, 4.69) is 18.8 Å². The molecule has 0 fully saturated rings. The zero-order valence-electron chi connectivity index (χ0n) is 8.39. The molecule has 0 aliphatic heterocycles. The minimum Gasteiger partial charge on any atom is -0.356 e. The van der Waals surface area contributed by atoms with E-state index in [9.17, 15) is 9.59 Å². The molecule has 1 heterocycles. The Balaban J connectivity index is 2.48. The lowest BCUT2D eigenvalue weighted by Gasteiger charge is -2.27. The maximum atomic E-state index is 11.7. The van der Waals surface area contributed by atoms with E-state index in [0.29, 0.717) is 17.7 Å². The van der Waals surface area contributed by atoms with Gasteiger partial charge in [-0.15, -0.1) is 0 Å². The smallest absolute Gasteiger partial charge is 0.166 e. The van der Waals surface area contributed by atoms with E-state index in [-0.39, 0.29) is 11.2 Å². The van der Waals surface area contributed by atoms with Gasteiger partial charge in [0.1, 0.15) is 0 Å². The van der Waals surface area contributed by atoms with Crippen LogP contribution in [0.3, 0.4) is 0 Å². The van der Waals surface area contributed by atoms with Crippen LogP contribution < -0.4 is 0 Å². The molecule has 0 aromatic carbocycles. The number of fused-ring (bicyclic) bond motifs is 1. The summed E-state index contributed by atoms with van der Waals surface area (Å²) in [7, 11) is 0. The van der Waals surface area contributed by atoms with E-state index in [4.69, 9.17) is 0 Å². The lowest BCUT2D eigenvalue weighted by Crippen LogP contribution is -2.26. The van der Waals surface area contributed by atoms with Crippen LogP contribution in [0.15, 0.2) is 6.07 Å². The fourth-order valence-corrected chi connectivity index (χ4v) is 2.04. The quantitative estimate of drug-likeness (QED) is 0.690. The molecular formula is C11H13NO2. The molecule has 0 radical (unpaired) electrons. The summed E-state index contributed by atoms with van der Waals surface area (Å²) in [6, 6.07) is 1.65. The summed E-state index contributed by atoms with van der Waals surface area (Å²) in [4.78, 5) is 25.2. The van der Waals surface area contributed by atoms with E-state index in [1.165, 1.54) is 0 Å². The first-order valence-electron chi connectivity index (χ1n) is 4.72. The van der Waals surface area contributed by atoms with Crippen molar-refractivity contribution in [2.24, 2.45) is 5.41 Å². The largest absolute Gasteiger partial charge is 0.356 e. The van der Waals surface area contributed by atoms with E-state index < -0.39 is 0 Å². The Morgan fingerprint density at radius 3 is 2.79 bits per heavy atom. The molecule has 1 aliphatic rings. The summed E-state index contributed by atoms with van der Waals surface area (Å²) in [6.45, 7) is 4.13. The van der Waals surface area contributed by atoms with Gasteiger partial charge in [-0.05, 0) is 17.9 Å². The fraction of sp³-hybridized carbons (Fsp3) is 0.455. The molecule has 1 N–H and O–H groups in total. The van der Waals surface area contributed by atoms with E-state index >= 15 is 0 Å². The third-order valence-electron chi connectivity index (χ3n) is 2.64. The minimum absolute atomic E-state index is 0.00902. The minimum atomic E-state index is 0.00902. The lowest BCUT2D eigenvalue weighted by atomic mass is 9.76. The second kappa shape index (κ2) is 2.80. The summed E-state index contributed by atoms with van der Waals surface area (Å²) in [5, 5.41) is 0. The molecule has 0 saturated heterocycles. The number of aldehydes is 1. The maximum Gasteiger partial charge on any atom is 0.166 e. The van der Waals surface area contributed by atoms with Gasteiger partial charge in [0, 0.05) is 17.7 Å². The summed E-state index contributed by atoms with van der Waals surface area (Å²) < 4.78 is 0. The standard InChI is InChI=1S/C11H13NO2/c1-11(2)4-9-8(10(14)5-11)3-7(6-13)12-9/h3,6,12H,4-5H2,1-2H3. The van der Waals surface area contributed by atoms with Gasteiger partial charge in [-0.25, -0.2) is 0 Å². The Morgan fingerprint density at radius 2 is 2.14 bits per heavy atom. The van der Waals surface area contributed by atoms with Crippen molar-refractivity contribution < 1.29 is 9.59 Å². The number of Topliss-reactive ketones (excluding diaryl/α,β-unsaturated/α-hetero) is 1. The number of aromatic nitrogens is 1. The van der Waals surface area contributed by atoms with Crippen molar-refractivity contribution in [3.63, 3.8) is 0 Å². The molecule has 1 aliphatic carbocycles. The molecule has 0 bridgehead atoms. The lowest BCUT2D eigenvalue weighted by molar-refractivity contribution is 0.0911. The number of carbonyl (C=O) groups is 2. The number of carbonyl (C=O) groups excluding carboxylic acids is 2. The molecule has 0 spiro atoms. The van der Waals surface area contributed by atoms with Crippen LogP contribution in [0.2, 0.25) is 0 Å². The Hall–Kier alpha value is -1.38. The second-order valence-corrected chi connectivity index (χ2v) is 4.68. The van der Waals surface area contributed by atoms with Crippen molar-refractivity contribution in [1.82, 2.24) is 4.98 Å². The first-order valence-corrected chi connectivity index (χ1v) is 4.72. The van der Waals surface area contributed by atoms with Crippen LogP contribution in [-0.2, 0) is 6.42 Å². The predicted molar refractivity (Wildman–Crippen MR) is 52.6 cm³/mol. The molecule has 1 aromatic heterocycles. The Labute approximate surface area is 82.5 Å². The highest BCUT2D eigenvalue weighted by Gasteiger charge is 2.32. The molecule has 1 aromatic rings. The molecule has 0 atom stereocenters. The Kier molecular flexibility index (Phi) is 1.84. The van der Waals surface area contributed by atoms with Gasteiger partial charge >= 0.3 is 0 Å². The maximum absolute atomic E-state index is 11.7. The van der Waals surface area contributed by atoms with E-state index in [1.807, 2.05) is 0 Å². The molecule has 2 rings (SSSR count). The van der Waals surface area contributed by atoms with Crippen molar-refractivity contribution in [3.05, 3.63) is 23.0 Å². The van der Waals surface area contributed by atoms with Crippen LogP contribution >= 0.6 is 0 Å². The summed E-state index contributed by atoms with van der Waals surface area (Å²) >= 11 is 0. The van der Waals surface area contributed by atoms with Crippen molar-refractivity contribution in [2.45, 2.75) is 26.7 Å². The van der Waals surface area contributed by atoms with Gasteiger partial charge in [-0.1, -0.05) is 13.8 Å². The van der Waals surface area contributed by atoms with Crippen molar-refractivity contribution in [2.75, 3.05) is 0 Å². The van der Waals surface area contributed by atoms with Crippen molar-refractivity contribution in [1.29, 1.82) is 0 Å². The number of nitrogens with one attached hydrogen (secondary N) is 1. The van der Waals surface area contributed by atoms with Gasteiger partial charge in [0.25, 0.3) is 0 Å². The Morgan fingerprint density at radius 1 is 1.43 bits per heavy atom. The van der Waals surface area contributed by atoms with Crippen LogP contribution in [0, 0.1) is 5.41 Å². The van der Waals surface area contributed by atoms with Crippen LogP contribution in [0.4, 0.5) is 0 Å². The zero-order valence-corrected chi connectivity index (χ0v) is 8.39. The number of hydrogen-bond acceptors (Lipinski definition) is 2. The summed E-state index contributed by atoms with van der Waals surface area (Å²) in [5.41, 5.74) is 2.12. The molecule has 3 nitrogen and oxygen atoms in total. The highest BCUT2D eigenvalue weighted by atomic mass is 16.1. The molecule has 14 heavy (non-hydrogen) atoms. The fourth-order valence-electron chi connectivity index (χ4n) is 2.04. The second-order valence-electron chi connectivity index (χ2n) is 4.68. The third-order valence-corrected chi connectivity index (χ3v) is 2.64. The molecule has 74 valence electrons. The van der Waals surface area contributed by atoms with Gasteiger partial charge in [-0.2, -0.15) is 0 Å². The first-order chi connectivity index (χ1) is 6.52. The monoisotopic (exact) mass is 191 g/mol. The number of H-pyrrole nitrogens is 1. The van der Waals surface area contributed by atoms with Gasteiger partial charge in [0.2, 0.25) is 0 Å². The molecule has 0 saturated carbocycles. The molecular weight excluding hydrogens is 178 g/mol. The van der Waals surface area contributed by atoms with E-state index in [1.54, 1.807) is 6.07 Å². The number of rotatable bonds is 1. The highest BCUT2D eigenvalue weighted by molar-refractivity contribution is 6.00. The van der Waals surface area contributed by atoms with Crippen LogP contribution in [0.25, 0.3) is 0 Å². The van der Waals surface area contributed by atoms with Crippen LogP contribution in [-0.4, -0.2) is 17.1 Å². The van der Waals surface area contributed by atoms with E-state index in [0.717, 1.165) is 18.4 Å². The third kappa shape index (κ3) is 1.39. The van der Waals surface area contributed by atoms with Gasteiger partial charge in [0.15, 0.2) is 12.1 Å². The van der Waals surface area contributed by atoms with Gasteiger partial charge in [-0.3, -0.25) is 9.59 Å². The molecule has 3 heteroatoms. The topological polar surface area (TPSA) is 49.9 Å². The summed E-state index contributed by atoms with van der Waals surface area (Å²) in [6.07, 6.45) is 2.15. The Bertz CT molecular complexity index is 401. The van der Waals surface area contributed by atoms with Crippen molar-refractivity contribution >= 4 is 12.1 Å². The van der Waals surface area contributed by atoms with Crippen LogP contribution in [0.1, 0.15) is 46.8 Å². The van der Waals surface area contributed by atoms with Gasteiger partial charge in [0.05, 0.1) is 5.69 Å².